The molecule has 1 aromatic rings. The van der Waals surface area contributed by atoms with Gasteiger partial charge >= 0.3 is 6.03 Å². The third-order valence-corrected chi connectivity index (χ3v) is 3.30. The molecule has 6 nitrogen and oxygen atoms in total. The van der Waals surface area contributed by atoms with E-state index in [4.69, 9.17) is 0 Å². The Bertz CT molecular complexity index is 504. The number of urea groups is 1. The topological polar surface area (TPSA) is 67.2 Å². The molecule has 0 saturated carbocycles. The van der Waals surface area contributed by atoms with Crippen LogP contribution in [0.25, 0.3) is 0 Å². The number of carbonyl (C=O) groups excluding carboxylic acids is 2. The average Bonchev–Trinajstić information content (AvgIpc) is 2.73. The lowest BCUT2D eigenvalue weighted by Crippen LogP contribution is -2.44. The minimum absolute atomic E-state index is 0.258. The Morgan fingerprint density at radius 3 is 2.56 bits per heavy atom. The molecule has 1 aromatic heterocycles. The molecule has 6 heteroatoms. The van der Waals surface area contributed by atoms with E-state index in [1.165, 1.54) is 4.90 Å². The zero-order chi connectivity index (χ0) is 13.5. The summed E-state index contributed by atoms with van der Waals surface area (Å²) >= 11 is 0. The van der Waals surface area contributed by atoms with Gasteiger partial charge < -0.3 is 4.90 Å². The van der Waals surface area contributed by atoms with Gasteiger partial charge in [0.1, 0.15) is 5.54 Å². The van der Waals surface area contributed by atoms with E-state index in [0.717, 1.165) is 17.9 Å². The van der Waals surface area contributed by atoms with Crippen LogP contribution < -0.4 is 5.32 Å². The first kappa shape index (κ1) is 12.6. The van der Waals surface area contributed by atoms with Crippen LogP contribution in [0.4, 0.5) is 4.79 Å². The summed E-state index contributed by atoms with van der Waals surface area (Å²) in [6.45, 7) is 8.53. The smallest absolute Gasteiger partial charge is 0.304 e. The quantitative estimate of drug-likeness (QED) is 0.815. The first-order valence-electron chi connectivity index (χ1n) is 6.02. The molecule has 0 bridgehead atoms. The number of rotatable bonds is 3. The Labute approximate surface area is 106 Å². The minimum atomic E-state index is -0.812. The molecule has 2 heterocycles. The number of hydrogen-bond acceptors (Lipinski definition) is 3. The van der Waals surface area contributed by atoms with E-state index in [2.05, 4.69) is 10.4 Å². The molecule has 0 unspecified atom stereocenters. The maximum atomic E-state index is 11.8. The van der Waals surface area contributed by atoms with Crippen molar-refractivity contribution in [2.75, 3.05) is 0 Å². The van der Waals surface area contributed by atoms with E-state index >= 15 is 0 Å². The maximum Gasteiger partial charge on any atom is 0.325 e. The van der Waals surface area contributed by atoms with E-state index in [-0.39, 0.29) is 11.9 Å². The first-order chi connectivity index (χ1) is 8.36. The third-order valence-electron chi connectivity index (χ3n) is 3.30. The zero-order valence-corrected chi connectivity index (χ0v) is 11.1. The Kier molecular flexibility index (Phi) is 2.88. The van der Waals surface area contributed by atoms with Gasteiger partial charge in [0.15, 0.2) is 0 Å². The van der Waals surface area contributed by atoms with Gasteiger partial charge in [0.05, 0.1) is 17.9 Å². The summed E-state index contributed by atoms with van der Waals surface area (Å²) < 4.78 is 1.85. The molecule has 3 amide bonds. The fourth-order valence-electron chi connectivity index (χ4n) is 2.13. The Hall–Kier alpha value is -1.85. The van der Waals surface area contributed by atoms with Gasteiger partial charge in [-0.1, -0.05) is 0 Å². The predicted octanol–water partition coefficient (Wildman–Crippen LogP) is 1.04. The van der Waals surface area contributed by atoms with Crippen molar-refractivity contribution in [2.24, 2.45) is 0 Å². The fraction of sp³-hybridized carbons (Fsp3) is 0.583. The monoisotopic (exact) mass is 250 g/mol. The van der Waals surface area contributed by atoms with Crippen molar-refractivity contribution < 1.29 is 9.59 Å². The summed E-state index contributed by atoms with van der Waals surface area (Å²) in [7, 11) is 0. The molecule has 0 aliphatic carbocycles. The fourth-order valence-corrected chi connectivity index (χ4v) is 2.13. The van der Waals surface area contributed by atoms with Gasteiger partial charge in [-0.25, -0.2) is 4.79 Å². The summed E-state index contributed by atoms with van der Waals surface area (Å²) in [5.41, 5.74) is 1.04. The van der Waals surface area contributed by atoms with Gasteiger partial charge in [-0.3, -0.25) is 14.8 Å². The summed E-state index contributed by atoms with van der Waals surface area (Å²) in [6.07, 6.45) is 0. The second-order valence-electron chi connectivity index (χ2n) is 5.00. The standard InChI is InChI=1S/C12H18N4O2/c1-5-16-9(6-8(2)14-16)7-15-11(18)13-10(17)12(15,3)4/h6H,5,7H2,1-4H3,(H,13,17,18). The van der Waals surface area contributed by atoms with Gasteiger partial charge in [0.2, 0.25) is 0 Å². The van der Waals surface area contributed by atoms with Crippen LogP contribution in [0.15, 0.2) is 6.07 Å². The van der Waals surface area contributed by atoms with Crippen molar-refractivity contribution in [3.05, 3.63) is 17.5 Å². The predicted molar refractivity (Wildman–Crippen MR) is 65.8 cm³/mol. The molecule has 0 radical (unpaired) electrons. The zero-order valence-electron chi connectivity index (χ0n) is 11.1. The second kappa shape index (κ2) is 4.12. The van der Waals surface area contributed by atoms with E-state index < -0.39 is 5.54 Å². The molecule has 0 spiro atoms. The molecular weight excluding hydrogens is 232 g/mol. The number of nitrogens with one attached hydrogen (secondary N) is 1. The average molecular weight is 250 g/mol. The van der Waals surface area contributed by atoms with E-state index in [0.29, 0.717) is 6.54 Å². The molecule has 2 rings (SSSR count). The van der Waals surface area contributed by atoms with Gasteiger partial charge in [-0.15, -0.1) is 0 Å². The molecule has 1 fully saturated rings. The maximum absolute atomic E-state index is 11.8. The largest absolute Gasteiger partial charge is 0.325 e. The van der Waals surface area contributed by atoms with Crippen LogP contribution in [0, 0.1) is 6.92 Å². The van der Waals surface area contributed by atoms with Gasteiger partial charge in [-0.05, 0) is 33.8 Å². The Morgan fingerprint density at radius 2 is 2.06 bits per heavy atom. The number of nitrogens with zero attached hydrogens (tertiary/aromatic N) is 3. The number of carbonyl (C=O) groups is 2. The normalized spacial score (nSPS) is 18.3. The molecule has 1 N–H and O–H groups in total. The lowest BCUT2D eigenvalue weighted by atomic mass is 10.0. The Balaban J connectivity index is 2.28. The van der Waals surface area contributed by atoms with Crippen LogP contribution in [0.5, 0.6) is 0 Å². The molecule has 0 atom stereocenters. The Morgan fingerprint density at radius 1 is 1.39 bits per heavy atom. The van der Waals surface area contributed by atoms with Crippen LogP contribution in [0.3, 0.4) is 0 Å². The van der Waals surface area contributed by atoms with Crippen molar-refractivity contribution in [3.63, 3.8) is 0 Å². The van der Waals surface area contributed by atoms with E-state index in [1.807, 2.05) is 24.6 Å². The minimum Gasteiger partial charge on any atom is -0.304 e. The first-order valence-corrected chi connectivity index (χ1v) is 6.02. The SMILES string of the molecule is CCn1nc(C)cc1CN1C(=O)NC(=O)C1(C)C. The lowest BCUT2D eigenvalue weighted by molar-refractivity contribution is -0.125. The highest BCUT2D eigenvalue weighted by Gasteiger charge is 2.45. The van der Waals surface area contributed by atoms with Crippen LogP contribution >= 0.6 is 0 Å². The van der Waals surface area contributed by atoms with Crippen molar-refractivity contribution in [2.45, 2.75) is 46.3 Å². The molecule has 18 heavy (non-hydrogen) atoms. The molecule has 1 aliphatic rings. The van der Waals surface area contributed by atoms with Crippen molar-refractivity contribution in [1.29, 1.82) is 0 Å². The highest BCUT2D eigenvalue weighted by atomic mass is 16.2. The van der Waals surface area contributed by atoms with E-state index in [1.54, 1.807) is 13.8 Å². The highest BCUT2D eigenvalue weighted by Crippen LogP contribution is 2.23. The van der Waals surface area contributed by atoms with Crippen LogP contribution in [0.1, 0.15) is 32.2 Å². The molecule has 1 saturated heterocycles. The van der Waals surface area contributed by atoms with E-state index in [9.17, 15) is 9.59 Å². The molecule has 98 valence electrons. The summed E-state index contributed by atoms with van der Waals surface area (Å²) in [4.78, 5) is 25.0. The number of aryl methyl sites for hydroxylation is 2. The lowest BCUT2D eigenvalue weighted by Gasteiger charge is -2.27. The van der Waals surface area contributed by atoms with Crippen molar-refractivity contribution >= 4 is 11.9 Å². The summed E-state index contributed by atoms with van der Waals surface area (Å²) in [5, 5.41) is 6.68. The highest BCUT2D eigenvalue weighted by molar-refractivity contribution is 6.06. The van der Waals surface area contributed by atoms with Crippen molar-refractivity contribution in [3.8, 4) is 0 Å². The van der Waals surface area contributed by atoms with Crippen molar-refractivity contribution in [1.82, 2.24) is 20.0 Å². The molecular formula is C12H18N4O2. The number of hydrogen-bond donors (Lipinski definition) is 1. The number of imide groups is 1. The molecule has 0 aromatic carbocycles. The second-order valence-corrected chi connectivity index (χ2v) is 5.00. The summed E-state index contributed by atoms with van der Waals surface area (Å²) in [5.74, 6) is -0.258. The third kappa shape index (κ3) is 1.87. The molecule has 1 aliphatic heterocycles. The number of aromatic nitrogens is 2. The number of amides is 3. The van der Waals surface area contributed by atoms with Gasteiger partial charge in [0, 0.05) is 6.54 Å². The van der Waals surface area contributed by atoms with Crippen LogP contribution in [0.2, 0.25) is 0 Å². The van der Waals surface area contributed by atoms with Crippen LogP contribution in [-0.2, 0) is 17.9 Å². The summed E-state index contributed by atoms with van der Waals surface area (Å²) in [6, 6.07) is 1.60. The van der Waals surface area contributed by atoms with Gasteiger partial charge in [0.25, 0.3) is 5.91 Å². The van der Waals surface area contributed by atoms with Crippen LogP contribution in [-0.4, -0.2) is 32.2 Å². The van der Waals surface area contributed by atoms with Gasteiger partial charge in [-0.2, -0.15) is 5.10 Å².